The van der Waals surface area contributed by atoms with E-state index in [2.05, 4.69) is 32.9 Å². The monoisotopic (exact) mass is 370 g/mol. The van der Waals surface area contributed by atoms with Crippen molar-refractivity contribution in [2.75, 3.05) is 0 Å². The molecule has 3 unspecified atom stereocenters. The van der Waals surface area contributed by atoms with Crippen LogP contribution in [0.3, 0.4) is 0 Å². The molecule has 0 radical (unpaired) electrons. The fourth-order valence-corrected chi connectivity index (χ4v) is 7.86. The van der Waals surface area contributed by atoms with Gasteiger partial charge in [-0.05, 0) is 111 Å². The van der Waals surface area contributed by atoms with Crippen LogP contribution in [0.4, 0.5) is 0 Å². The largest absolute Gasteiger partial charge is 0.495 e. The van der Waals surface area contributed by atoms with Crippen LogP contribution in [0.25, 0.3) is 0 Å². The summed E-state index contributed by atoms with van der Waals surface area (Å²) in [6, 6.07) is 0. The lowest BCUT2D eigenvalue weighted by molar-refractivity contribution is -0.112. The van der Waals surface area contributed by atoms with E-state index in [0.717, 1.165) is 24.7 Å². The second-order valence-electron chi connectivity index (χ2n) is 11.1. The van der Waals surface area contributed by atoms with Gasteiger partial charge in [-0.15, -0.1) is 0 Å². The first kappa shape index (κ1) is 18.3. The molecular formula is C25H38O2. The van der Waals surface area contributed by atoms with Crippen molar-refractivity contribution in [1.82, 2.24) is 0 Å². The highest BCUT2D eigenvalue weighted by atomic mass is 16.5. The second-order valence-corrected chi connectivity index (χ2v) is 11.1. The van der Waals surface area contributed by atoms with Crippen LogP contribution in [0.5, 0.6) is 0 Å². The van der Waals surface area contributed by atoms with Gasteiger partial charge in [-0.1, -0.05) is 19.9 Å². The summed E-state index contributed by atoms with van der Waals surface area (Å²) in [5.41, 5.74) is 1.54. The van der Waals surface area contributed by atoms with E-state index in [9.17, 15) is 5.11 Å². The minimum atomic E-state index is -0.470. The maximum absolute atomic E-state index is 11.1. The lowest BCUT2D eigenvalue weighted by atomic mass is 9.47. The minimum Gasteiger partial charge on any atom is -0.495 e. The van der Waals surface area contributed by atoms with Gasteiger partial charge in [0.1, 0.15) is 0 Å². The zero-order valence-corrected chi connectivity index (χ0v) is 17.6. The summed E-state index contributed by atoms with van der Waals surface area (Å²) in [7, 11) is 0. The SMILES string of the molecule is C[C@]12CCC(OC3CCCC3)=CC1=CCC1C2CC[C@@]2(C)C1CC[C@]2(C)O. The average molecular weight is 371 g/mol. The minimum absolute atomic E-state index is 0.122. The molecule has 0 bridgehead atoms. The topological polar surface area (TPSA) is 29.5 Å². The van der Waals surface area contributed by atoms with Crippen LogP contribution in [0.15, 0.2) is 23.5 Å². The number of hydrogen-bond donors (Lipinski definition) is 1. The Balaban J connectivity index is 1.40. The summed E-state index contributed by atoms with van der Waals surface area (Å²) in [4.78, 5) is 0. The van der Waals surface area contributed by atoms with Crippen LogP contribution in [0.1, 0.15) is 91.4 Å². The van der Waals surface area contributed by atoms with Crippen LogP contribution < -0.4 is 0 Å². The predicted octanol–water partition coefficient (Wildman–Crippen LogP) is 6.15. The maximum Gasteiger partial charge on any atom is 0.0982 e. The summed E-state index contributed by atoms with van der Waals surface area (Å²) >= 11 is 0. The van der Waals surface area contributed by atoms with Crippen molar-refractivity contribution in [2.45, 2.75) is 103 Å². The fourth-order valence-electron chi connectivity index (χ4n) is 7.86. The molecule has 150 valence electrons. The number of rotatable bonds is 2. The lowest BCUT2D eigenvalue weighted by Crippen LogP contribution is -2.53. The van der Waals surface area contributed by atoms with Gasteiger partial charge in [0, 0.05) is 6.42 Å². The molecule has 0 aromatic carbocycles. The molecule has 0 spiro atoms. The van der Waals surface area contributed by atoms with Crippen molar-refractivity contribution in [3.63, 3.8) is 0 Å². The molecule has 0 saturated heterocycles. The van der Waals surface area contributed by atoms with E-state index in [0.29, 0.717) is 17.4 Å². The van der Waals surface area contributed by atoms with Crippen molar-refractivity contribution < 1.29 is 9.84 Å². The van der Waals surface area contributed by atoms with Crippen LogP contribution in [-0.4, -0.2) is 16.8 Å². The normalized spacial score (nSPS) is 49.7. The zero-order valence-electron chi connectivity index (χ0n) is 17.6. The molecule has 3 fully saturated rings. The van der Waals surface area contributed by atoms with Crippen LogP contribution in [0.2, 0.25) is 0 Å². The molecule has 0 aromatic heterocycles. The zero-order chi connectivity index (χ0) is 18.9. The van der Waals surface area contributed by atoms with Gasteiger partial charge < -0.3 is 9.84 Å². The molecule has 1 N–H and O–H groups in total. The van der Waals surface area contributed by atoms with Gasteiger partial charge in [-0.2, -0.15) is 0 Å². The van der Waals surface area contributed by atoms with Gasteiger partial charge in [-0.25, -0.2) is 0 Å². The van der Waals surface area contributed by atoms with Crippen molar-refractivity contribution in [2.24, 2.45) is 28.6 Å². The van der Waals surface area contributed by atoms with Crippen molar-refractivity contribution in [1.29, 1.82) is 0 Å². The molecule has 0 aliphatic heterocycles. The number of fused-ring (bicyclic) bond motifs is 5. The van der Waals surface area contributed by atoms with E-state index in [4.69, 9.17) is 4.74 Å². The third-order valence-corrected chi connectivity index (χ3v) is 9.91. The third-order valence-electron chi connectivity index (χ3n) is 9.91. The molecule has 0 heterocycles. The molecule has 0 amide bonds. The van der Waals surface area contributed by atoms with Crippen molar-refractivity contribution in [3.05, 3.63) is 23.5 Å². The molecule has 5 aliphatic carbocycles. The van der Waals surface area contributed by atoms with Gasteiger partial charge in [0.05, 0.1) is 17.5 Å². The van der Waals surface area contributed by atoms with Crippen LogP contribution in [-0.2, 0) is 4.74 Å². The van der Waals surface area contributed by atoms with E-state index in [-0.39, 0.29) is 5.41 Å². The van der Waals surface area contributed by atoms with Gasteiger partial charge in [0.2, 0.25) is 0 Å². The van der Waals surface area contributed by atoms with Gasteiger partial charge in [-0.3, -0.25) is 0 Å². The van der Waals surface area contributed by atoms with E-state index in [1.165, 1.54) is 63.5 Å². The Morgan fingerprint density at radius 2 is 1.70 bits per heavy atom. The van der Waals surface area contributed by atoms with Gasteiger partial charge in [0.25, 0.3) is 0 Å². The smallest absolute Gasteiger partial charge is 0.0982 e. The summed E-state index contributed by atoms with van der Waals surface area (Å²) in [5.74, 6) is 3.50. The summed E-state index contributed by atoms with van der Waals surface area (Å²) < 4.78 is 6.38. The van der Waals surface area contributed by atoms with Crippen LogP contribution in [0, 0.1) is 28.6 Å². The molecule has 5 aliphatic rings. The quantitative estimate of drug-likeness (QED) is 0.631. The first-order chi connectivity index (χ1) is 12.8. The molecular weight excluding hydrogens is 332 g/mol. The summed E-state index contributed by atoms with van der Waals surface area (Å²) in [6.45, 7) is 7.03. The molecule has 5 rings (SSSR count). The number of ether oxygens (including phenoxy) is 1. The Morgan fingerprint density at radius 1 is 0.963 bits per heavy atom. The third kappa shape index (κ3) is 2.61. The Hall–Kier alpha value is -0.760. The molecule has 0 aromatic rings. The Labute approximate surface area is 165 Å². The number of hydrogen-bond acceptors (Lipinski definition) is 2. The molecule has 6 atom stereocenters. The highest BCUT2D eigenvalue weighted by Gasteiger charge is 2.61. The van der Waals surface area contributed by atoms with Gasteiger partial charge >= 0.3 is 0 Å². The number of allylic oxidation sites excluding steroid dienone is 4. The summed E-state index contributed by atoms with van der Waals surface area (Å²) in [5, 5.41) is 11.1. The maximum atomic E-state index is 11.1. The average Bonchev–Trinajstić information content (AvgIpc) is 3.21. The molecule has 2 nitrogen and oxygen atoms in total. The fraction of sp³-hybridized carbons (Fsp3) is 0.840. The van der Waals surface area contributed by atoms with E-state index >= 15 is 0 Å². The lowest BCUT2D eigenvalue weighted by Gasteiger charge is -2.57. The molecule has 27 heavy (non-hydrogen) atoms. The Bertz CT molecular complexity index is 668. The van der Waals surface area contributed by atoms with Crippen LogP contribution >= 0.6 is 0 Å². The second kappa shape index (κ2) is 6.12. The summed E-state index contributed by atoms with van der Waals surface area (Å²) in [6.07, 6.45) is 18.9. The number of aliphatic hydroxyl groups is 1. The first-order valence-corrected chi connectivity index (χ1v) is 11.6. The van der Waals surface area contributed by atoms with Crippen molar-refractivity contribution in [3.8, 4) is 0 Å². The molecule has 3 saturated carbocycles. The highest BCUT2D eigenvalue weighted by molar-refractivity contribution is 5.36. The standard InChI is InChI=1S/C25H38O2/c1-23-13-10-19(27-18-6-4-5-7-18)16-17(23)8-9-20-21(23)11-14-24(2)22(20)12-15-25(24,3)26/h8,16,18,20-22,26H,4-7,9-15H2,1-3H3/t20?,21?,22?,23-,24-,25-/m0/s1. The predicted molar refractivity (Wildman–Crippen MR) is 109 cm³/mol. The Kier molecular flexibility index (Phi) is 4.14. The first-order valence-electron chi connectivity index (χ1n) is 11.6. The van der Waals surface area contributed by atoms with E-state index < -0.39 is 5.60 Å². The van der Waals surface area contributed by atoms with E-state index in [1.807, 2.05) is 0 Å². The Morgan fingerprint density at radius 3 is 2.48 bits per heavy atom. The molecule has 2 heteroatoms. The highest BCUT2D eigenvalue weighted by Crippen LogP contribution is 2.66. The van der Waals surface area contributed by atoms with Gasteiger partial charge in [0.15, 0.2) is 0 Å². The van der Waals surface area contributed by atoms with Crippen molar-refractivity contribution >= 4 is 0 Å². The van der Waals surface area contributed by atoms with E-state index in [1.54, 1.807) is 5.57 Å².